The Balaban J connectivity index is 2.72. The minimum absolute atomic E-state index is 0.875. The summed E-state index contributed by atoms with van der Waals surface area (Å²) in [5, 5.41) is 1.16. The predicted molar refractivity (Wildman–Crippen MR) is 66.4 cm³/mol. The van der Waals surface area contributed by atoms with E-state index in [2.05, 4.69) is 28.6 Å². The molecule has 1 heterocycles. The molecule has 0 bridgehead atoms. The molecule has 0 radical (unpaired) electrons. The maximum Gasteiger partial charge on any atom is 0.312 e. The molecule has 0 spiro atoms. The number of hydrogen-bond donors (Lipinski definition) is 0. The lowest BCUT2D eigenvalue weighted by atomic mass is 10.2. The van der Waals surface area contributed by atoms with Gasteiger partial charge in [0.2, 0.25) is 0 Å². The van der Waals surface area contributed by atoms with Crippen LogP contribution < -0.4 is 4.74 Å². The molecule has 2 aromatic rings. The fourth-order valence-corrected chi connectivity index (χ4v) is 1.87. The first-order chi connectivity index (χ1) is 7.80. The second-order valence-corrected chi connectivity index (χ2v) is 3.55. The van der Waals surface area contributed by atoms with Gasteiger partial charge in [-0.1, -0.05) is 4.85 Å². The van der Waals surface area contributed by atoms with Gasteiger partial charge in [-0.3, -0.25) is 0 Å². The Labute approximate surface area is 95.1 Å². The van der Waals surface area contributed by atoms with E-state index >= 15 is 0 Å². The summed E-state index contributed by atoms with van der Waals surface area (Å²) >= 11 is 0. The monoisotopic (exact) mass is 215 g/mol. The van der Waals surface area contributed by atoms with Crippen LogP contribution in [-0.2, 0) is 6.54 Å². The van der Waals surface area contributed by atoms with Crippen molar-refractivity contribution in [3.63, 3.8) is 0 Å². The maximum absolute atomic E-state index is 5.23. The highest BCUT2D eigenvalue weighted by molar-refractivity contribution is 5.87. The number of ether oxygens (including phenoxy) is 1. The number of rotatable bonds is 2. The van der Waals surface area contributed by atoms with Gasteiger partial charge in [-0.15, -0.1) is 0 Å². The quantitative estimate of drug-likeness (QED) is 0.753. The van der Waals surface area contributed by atoms with Crippen molar-refractivity contribution in [2.45, 2.75) is 13.5 Å². The normalized spacial score (nSPS) is 9.94. The largest absolute Gasteiger partial charge is 0.497 e. The van der Waals surface area contributed by atoms with Crippen molar-refractivity contribution in [3.8, 4) is 11.8 Å². The Bertz CT molecular complexity index is 573. The second-order valence-electron chi connectivity index (χ2n) is 3.55. The average Bonchev–Trinajstić information content (AvgIpc) is 2.67. The van der Waals surface area contributed by atoms with Gasteiger partial charge in [-0.05, 0) is 19.1 Å². The third-order valence-corrected chi connectivity index (χ3v) is 2.66. The van der Waals surface area contributed by atoms with Crippen LogP contribution in [0.25, 0.3) is 15.7 Å². The summed E-state index contributed by atoms with van der Waals surface area (Å²) in [4.78, 5) is 3.95. The molecular weight excluding hydrogens is 200 g/mol. The van der Waals surface area contributed by atoms with Crippen molar-refractivity contribution < 1.29 is 4.74 Å². The summed E-state index contributed by atoms with van der Waals surface area (Å²) in [5.74, 6) is 0.875. The van der Waals surface area contributed by atoms with Crippen LogP contribution in [0.2, 0.25) is 0 Å². The highest BCUT2D eigenvalue weighted by atomic mass is 16.5. The van der Waals surface area contributed by atoms with Crippen LogP contribution in [0.15, 0.2) is 24.4 Å². The van der Waals surface area contributed by atoms with Gasteiger partial charge in [-0.2, -0.15) is 0 Å². The lowest BCUT2D eigenvalue weighted by molar-refractivity contribution is 0.415. The molecule has 0 atom stereocenters. The summed E-state index contributed by atoms with van der Waals surface area (Å²) in [7, 11) is 3.42. The molecule has 0 saturated carbocycles. The molecule has 0 unspecified atom stereocenters. The standard InChI is InChI=1S/C13H15N2O/c1-4-15-9-10(8-14-2)12-6-5-11(16-3)7-13(12)15/h5-7,9H,4H2,1-3H3/q+1. The minimum atomic E-state index is 0.875. The number of fused-ring (bicyclic) bond motifs is 1. The lowest BCUT2D eigenvalue weighted by Crippen LogP contribution is -1.91. The summed E-state index contributed by atoms with van der Waals surface area (Å²) in [6.07, 6.45) is 2.07. The molecule has 3 nitrogen and oxygen atoms in total. The Morgan fingerprint density at radius 3 is 2.88 bits per heavy atom. The molecule has 0 N–H and O–H groups in total. The zero-order valence-corrected chi connectivity index (χ0v) is 9.82. The van der Waals surface area contributed by atoms with Gasteiger partial charge in [0.05, 0.1) is 12.6 Å². The van der Waals surface area contributed by atoms with E-state index < -0.39 is 0 Å². The number of benzene rings is 1. The molecule has 2 rings (SSSR count). The molecule has 1 aromatic carbocycles. The highest BCUT2D eigenvalue weighted by Gasteiger charge is 2.10. The SMILES string of the molecule is CCn1cc(C#[N+]C)c2ccc(OC)cc21. The average molecular weight is 215 g/mol. The molecule has 16 heavy (non-hydrogen) atoms. The molecule has 3 heteroatoms. The van der Waals surface area contributed by atoms with Gasteiger partial charge in [0, 0.05) is 24.2 Å². The first-order valence-corrected chi connectivity index (χ1v) is 5.32. The maximum atomic E-state index is 5.23. The molecule has 1 aromatic heterocycles. The summed E-state index contributed by atoms with van der Waals surface area (Å²) in [6, 6.07) is 9.06. The van der Waals surface area contributed by atoms with Crippen LogP contribution in [0, 0.1) is 6.07 Å². The molecule has 0 aliphatic carbocycles. The first-order valence-electron chi connectivity index (χ1n) is 5.32. The Kier molecular flexibility index (Phi) is 2.82. The van der Waals surface area contributed by atoms with Crippen LogP contribution in [0.3, 0.4) is 0 Å². The van der Waals surface area contributed by atoms with Crippen molar-refractivity contribution in [1.29, 1.82) is 0 Å². The topological polar surface area (TPSA) is 18.5 Å². The van der Waals surface area contributed by atoms with Gasteiger partial charge >= 0.3 is 6.07 Å². The third-order valence-electron chi connectivity index (χ3n) is 2.66. The van der Waals surface area contributed by atoms with E-state index in [1.807, 2.05) is 18.2 Å². The fraction of sp³-hybridized carbons (Fsp3) is 0.308. The van der Waals surface area contributed by atoms with E-state index in [0.29, 0.717) is 0 Å². The predicted octanol–water partition coefficient (Wildman–Crippen LogP) is 2.98. The summed E-state index contributed by atoms with van der Waals surface area (Å²) in [5.41, 5.74) is 2.19. The lowest BCUT2D eigenvalue weighted by Gasteiger charge is -2.02. The van der Waals surface area contributed by atoms with Gasteiger partial charge in [0.15, 0.2) is 0 Å². The Morgan fingerprint density at radius 1 is 1.44 bits per heavy atom. The first kappa shape index (κ1) is 10.6. The smallest absolute Gasteiger partial charge is 0.312 e. The molecule has 0 aliphatic heterocycles. The van der Waals surface area contributed by atoms with Gasteiger partial charge in [0.1, 0.15) is 11.3 Å². The second kappa shape index (κ2) is 4.28. The van der Waals surface area contributed by atoms with Gasteiger partial charge in [-0.25, -0.2) is 0 Å². The van der Waals surface area contributed by atoms with E-state index in [1.165, 1.54) is 0 Å². The Morgan fingerprint density at radius 2 is 2.25 bits per heavy atom. The van der Waals surface area contributed by atoms with Crippen molar-refractivity contribution in [2.24, 2.45) is 0 Å². The zero-order chi connectivity index (χ0) is 11.5. The van der Waals surface area contributed by atoms with Crippen molar-refractivity contribution >= 4 is 10.9 Å². The molecule has 0 amide bonds. The molecular formula is C13H15N2O+. The van der Waals surface area contributed by atoms with E-state index in [-0.39, 0.29) is 0 Å². The van der Waals surface area contributed by atoms with E-state index in [4.69, 9.17) is 4.74 Å². The van der Waals surface area contributed by atoms with Crippen molar-refractivity contribution in [3.05, 3.63) is 34.8 Å². The van der Waals surface area contributed by atoms with Crippen LogP contribution >= 0.6 is 0 Å². The number of hydrogen-bond acceptors (Lipinski definition) is 1. The van der Waals surface area contributed by atoms with E-state index in [9.17, 15) is 0 Å². The number of methoxy groups -OCH3 is 1. The minimum Gasteiger partial charge on any atom is -0.497 e. The summed E-state index contributed by atoms with van der Waals surface area (Å²) in [6.45, 7) is 3.04. The third kappa shape index (κ3) is 1.63. The highest BCUT2D eigenvalue weighted by Crippen LogP contribution is 2.25. The molecule has 0 aliphatic rings. The molecule has 0 fully saturated rings. The summed E-state index contributed by atoms with van der Waals surface area (Å²) < 4.78 is 7.41. The number of nitrogens with zero attached hydrogens (tertiary/aromatic N) is 2. The van der Waals surface area contributed by atoms with Crippen LogP contribution in [-0.4, -0.2) is 18.7 Å². The van der Waals surface area contributed by atoms with Gasteiger partial charge in [0.25, 0.3) is 7.05 Å². The van der Waals surface area contributed by atoms with E-state index in [1.54, 1.807) is 14.2 Å². The number of aromatic nitrogens is 1. The van der Waals surface area contributed by atoms with Crippen molar-refractivity contribution in [2.75, 3.05) is 14.2 Å². The Hall–Kier alpha value is -1.95. The fourth-order valence-electron chi connectivity index (χ4n) is 1.87. The van der Waals surface area contributed by atoms with Crippen molar-refractivity contribution in [1.82, 2.24) is 4.57 Å². The van der Waals surface area contributed by atoms with Crippen LogP contribution in [0.4, 0.5) is 0 Å². The van der Waals surface area contributed by atoms with Crippen LogP contribution in [0.5, 0.6) is 5.75 Å². The zero-order valence-electron chi connectivity index (χ0n) is 9.82. The number of aryl methyl sites for hydroxylation is 1. The van der Waals surface area contributed by atoms with E-state index in [0.717, 1.165) is 28.8 Å². The molecule has 82 valence electrons. The molecule has 0 saturated heterocycles. The van der Waals surface area contributed by atoms with Gasteiger partial charge < -0.3 is 9.30 Å². The van der Waals surface area contributed by atoms with Crippen LogP contribution in [0.1, 0.15) is 12.5 Å².